The number of aromatic hydroxyl groups is 1. The SMILES string of the molecule is [B]C1([B])N=C(NC(=O)c2c(O)ccc(C#N)c2-c2cccc(F)c2Cl)NC1([B])[B]. The molecule has 0 aliphatic carbocycles. The molecule has 0 aromatic heterocycles. The Hall–Kier alpha value is -2.85. The summed E-state index contributed by atoms with van der Waals surface area (Å²) >= 11 is 6.03. The lowest BCUT2D eigenvalue weighted by molar-refractivity contribution is 0.0974. The fraction of sp³-hybridized carbons (Fsp3) is 0.118. The number of nitriles is 1. The lowest BCUT2D eigenvalue weighted by atomic mass is 9.39. The maximum absolute atomic E-state index is 14.0. The topological polar surface area (TPSA) is 97.5 Å². The van der Waals surface area contributed by atoms with Crippen molar-refractivity contribution < 1.29 is 14.3 Å². The van der Waals surface area contributed by atoms with E-state index in [-0.39, 0.29) is 33.2 Å². The van der Waals surface area contributed by atoms with Crippen molar-refractivity contribution in [2.45, 2.75) is 10.7 Å². The number of benzene rings is 2. The zero-order chi connectivity index (χ0) is 21.6. The highest BCUT2D eigenvalue weighted by Crippen LogP contribution is 2.38. The van der Waals surface area contributed by atoms with Crippen LogP contribution in [-0.4, -0.2) is 59.0 Å². The summed E-state index contributed by atoms with van der Waals surface area (Å²) in [5.41, 5.74) is -0.427. The number of nitrogens with one attached hydrogen (secondary N) is 2. The van der Waals surface area contributed by atoms with Gasteiger partial charge in [0.2, 0.25) is 0 Å². The van der Waals surface area contributed by atoms with Crippen molar-refractivity contribution in [3.8, 4) is 22.9 Å². The Morgan fingerprint density at radius 3 is 2.55 bits per heavy atom. The molecule has 0 saturated carbocycles. The molecule has 6 nitrogen and oxygen atoms in total. The fourth-order valence-electron chi connectivity index (χ4n) is 2.72. The van der Waals surface area contributed by atoms with Crippen molar-refractivity contribution in [2.24, 2.45) is 4.99 Å². The normalized spacial score (nSPS) is 16.4. The number of guanidine groups is 1. The van der Waals surface area contributed by atoms with Gasteiger partial charge in [0.1, 0.15) is 11.6 Å². The highest BCUT2D eigenvalue weighted by Gasteiger charge is 2.41. The molecule has 2 aromatic carbocycles. The standard InChI is InChI=1S/C17H8B4ClFN4O2/c18-16(19)17(20,21)27-15(26-16)25-14(29)12-10(28)5-4-7(6-24)11(12)8-2-1-3-9(23)13(8)22/h1-5,28H,(H2,25,26,27,29). The van der Waals surface area contributed by atoms with Gasteiger partial charge in [-0.25, -0.2) is 4.39 Å². The Bertz CT molecular complexity index is 1100. The Labute approximate surface area is 176 Å². The molecule has 12 heteroatoms. The quantitative estimate of drug-likeness (QED) is 0.638. The van der Waals surface area contributed by atoms with Crippen molar-refractivity contribution in [3.05, 3.63) is 52.3 Å². The minimum atomic E-state index is -1.93. The zero-order valence-electron chi connectivity index (χ0n) is 14.7. The molecule has 1 heterocycles. The lowest BCUT2D eigenvalue weighted by Crippen LogP contribution is -2.61. The minimum Gasteiger partial charge on any atom is -0.507 e. The first kappa shape index (κ1) is 20.9. The number of nitrogens with zero attached hydrogens (tertiary/aromatic N) is 2. The van der Waals surface area contributed by atoms with Crippen LogP contribution in [0.15, 0.2) is 35.3 Å². The van der Waals surface area contributed by atoms with E-state index >= 15 is 0 Å². The number of halogens is 2. The van der Waals surface area contributed by atoms with Crippen LogP contribution in [0.2, 0.25) is 5.02 Å². The van der Waals surface area contributed by atoms with E-state index in [0.29, 0.717) is 0 Å². The molecule has 29 heavy (non-hydrogen) atoms. The second-order valence-electron chi connectivity index (χ2n) is 6.33. The Kier molecular flexibility index (Phi) is 5.18. The molecule has 1 amide bonds. The van der Waals surface area contributed by atoms with E-state index in [1.807, 2.05) is 6.07 Å². The molecule has 0 bridgehead atoms. The van der Waals surface area contributed by atoms with Gasteiger partial charge in [-0.15, -0.1) is 0 Å². The molecule has 0 spiro atoms. The maximum Gasteiger partial charge on any atom is 0.262 e. The van der Waals surface area contributed by atoms with Crippen LogP contribution in [0.4, 0.5) is 4.39 Å². The van der Waals surface area contributed by atoms with Crippen LogP contribution in [0, 0.1) is 17.1 Å². The summed E-state index contributed by atoms with van der Waals surface area (Å²) in [6, 6.07) is 8.15. The average Bonchev–Trinajstić information content (AvgIpc) is 2.83. The van der Waals surface area contributed by atoms with Gasteiger partial charge in [0.05, 0.1) is 53.6 Å². The van der Waals surface area contributed by atoms with Gasteiger partial charge in [-0.2, -0.15) is 5.26 Å². The van der Waals surface area contributed by atoms with Crippen molar-refractivity contribution >= 4 is 54.9 Å². The van der Waals surface area contributed by atoms with E-state index in [1.54, 1.807) is 0 Å². The summed E-state index contributed by atoms with van der Waals surface area (Å²) in [7, 11) is 22.7. The highest BCUT2D eigenvalue weighted by atomic mass is 35.5. The smallest absolute Gasteiger partial charge is 0.262 e. The average molecular weight is 398 g/mol. The summed E-state index contributed by atoms with van der Waals surface area (Å²) in [4.78, 5) is 16.7. The lowest BCUT2D eigenvalue weighted by Gasteiger charge is -2.35. The first-order valence-corrected chi connectivity index (χ1v) is 8.41. The van der Waals surface area contributed by atoms with Gasteiger partial charge in [-0.05, 0) is 28.9 Å². The number of phenols is 1. The molecular weight excluding hydrogens is 390 g/mol. The summed E-state index contributed by atoms with van der Waals surface area (Å²) in [5, 5.41) is 20.4. The summed E-state index contributed by atoms with van der Waals surface area (Å²) < 4.78 is 14.0. The van der Waals surface area contributed by atoms with Gasteiger partial charge in [0, 0.05) is 11.1 Å². The number of aliphatic imine (C=N–C) groups is 1. The molecule has 2 aromatic rings. The third-order valence-electron chi connectivity index (χ3n) is 4.27. The predicted molar refractivity (Wildman–Crippen MR) is 110 cm³/mol. The fourth-order valence-corrected chi connectivity index (χ4v) is 2.94. The number of phenolic OH excluding ortho intramolecular Hbond substituents is 1. The number of carbonyl (C=O) groups excluding carboxylic acids is 1. The van der Waals surface area contributed by atoms with Gasteiger partial charge in [-0.1, -0.05) is 23.7 Å². The van der Waals surface area contributed by atoms with Gasteiger partial charge >= 0.3 is 0 Å². The van der Waals surface area contributed by atoms with Crippen molar-refractivity contribution in [2.75, 3.05) is 0 Å². The van der Waals surface area contributed by atoms with E-state index in [0.717, 1.165) is 12.1 Å². The predicted octanol–water partition coefficient (Wildman–Crippen LogP) is 0.394. The molecule has 0 atom stereocenters. The minimum absolute atomic E-state index is 0.0271. The van der Waals surface area contributed by atoms with E-state index < -0.39 is 28.1 Å². The van der Waals surface area contributed by atoms with Crippen LogP contribution in [-0.2, 0) is 0 Å². The summed E-state index contributed by atoms with van der Waals surface area (Å²) in [5.74, 6) is -2.44. The number of hydrogen-bond donors (Lipinski definition) is 3. The molecule has 0 fully saturated rings. The van der Waals surface area contributed by atoms with E-state index in [9.17, 15) is 19.6 Å². The Morgan fingerprint density at radius 2 is 1.97 bits per heavy atom. The van der Waals surface area contributed by atoms with Gasteiger partial charge in [0.15, 0.2) is 5.96 Å². The molecule has 0 saturated heterocycles. The Morgan fingerprint density at radius 1 is 1.28 bits per heavy atom. The second-order valence-corrected chi connectivity index (χ2v) is 6.71. The van der Waals surface area contributed by atoms with Crippen LogP contribution in [0.5, 0.6) is 5.75 Å². The van der Waals surface area contributed by atoms with E-state index in [1.165, 1.54) is 18.2 Å². The molecule has 0 unspecified atom stereocenters. The number of amides is 1. The highest BCUT2D eigenvalue weighted by molar-refractivity contribution is 6.56. The third kappa shape index (κ3) is 3.60. The zero-order valence-corrected chi connectivity index (χ0v) is 15.5. The van der Waals surface area contributed by atoms with Gasteiger partial charge in [-0.3, -0.25) is 15.1 Å². The van der Waals surface area contributed by atoms with Gasteiger partial charge < -0.3 is 10.4 Å². The van der Waals surface area contributed by atoms with E-state index in [2.05, 4.69) is 15.6 Å². The number of hydrogen-bond acceptors (Lipinski definition) is 5. The molecule has 3 rings (SSSR count). The molecule has 1 aliphatic rings. The second kappa shape index (κ2) is 7.20. The van der Waals surface area contributed by atoms with Gasteiger partial charge in [0.25, 0.3) is 5.91 Å². The van der Waals surface area contributed by atoms with Crippen LogP contribution < -0.4 is 10.6 Å². The number of rotatable bonds is 2. The molecule has 134 valence electrons. The first-order valence-electron chi connectivity index (χ1n) is 8.04. The first-order chi connectivity index (χ1) is 13.5. The largest absolute Gasteiger partial charge is 0.507 e. The molecule has 1 aliphatic heterocycles. The Balaban J connectivity index is 2.12. The van der Waals surface area contributed by atoms with Crippen molar-refractivity contribution in [3.63, 3.8) is 0 Å². The van der Waals surface area contributed by atoms with Crippen LogP contribution in [0.3, 0.4) is 0 Å². The third-order valence-corrected chi connectivity index (χ3v) is 4.65. The summed E-state index contributed by atoms with van der Waals surface area (Å²) in [6.07, 6.45) is 0. The molecular formula is C17H8B4ClFN4O2. The van der Waals surface area contributed by atoms with Crippen LogP contribution >= 0.6 is 11.6 Å². The maximum atomic E-state index is 14.0. The molecule has 3 N–H and O–H groups in total. The number of carbonyl (C=O) groups is 1. The van der Waals surface area contributed by atoms with E-state index in [4.69, 9.17) is 43.0 Å². The van der Waals surface area contributed by atoms with Crippen LogP contribution in [0.25, 0.3) is 11.1 Å². The monoisotopic (exact) mass is 398 g/mol. The van der Waals surface area contributed by atoms with Crippen molar-refractivity contribution in [1.82, 2.24) is 10.6 Å². The van der Waals surface area contributed by atoms with Crippen LogP contribution in [0.1, 0.15) is 15.9 Å². The summed E-state index contributed by atoms with van der Waals surface area (Å²) in [6.45, 7) is 0. The molecule has 8 radical (unpaired) electrons. The van der Waals surface area contributed by atoms with Crippen molar-refractivity contribution in [1.29, 1.82) is 5.26 Å².